The summed E-state index contributed by atoms with van der Waals surface area (Å²) in [5, 5.41) is 18.0. The van der Waals surface area contributed by atoms with Crippen molar-refractivity contribution in [3.63, 3.8) is 0 Å². The standard InChI is InChI=1S/C11H20N4O2S2/c1-4-11(12,8(16)17)6-5-7-18-10-14-13-9(19-10)15(2)3/h4-7,12H2,1-3H3,(H,16,17). The first kappa shape index (κ1) is 16.2. The molecular weight excluding hydrogens is 284 g/mol. The number of anilines is 1. The Balaban J connectivity index is 2.36. The largest absolute Gasteiger partial charge is 0.480 e. The first-order chi connectivity index (χ1) is 8.89. The first-order valence-corrected chi connectivity index (χ1v) is 7.85. The first-order valence-electron chi connectivity index (χ1n) is 6.05. The summed E-state index contributed by atoms with van der Waals surface area (Å²) in [5.41, 5.74) is 4.72. The fraction of sp³-hybridized carbons (Fsp3) is 0.727. The molecule has 8 heteroatoms. The molecule has 19 heavy (non-hydrogen) atoms. The zero-order valence-electron chi connectivity index (χ0n) is 11.4. The van der Waals surface area contributed by atoms with Crippen LogP contribution in [0.25, 0.3) is 0 Å². The zero-order valence-corrected chi connectivity index (χ0v) is 13.1. The van der Waals surface area contributed by atoms with Crippen molar-refractivity contribution in [3.05, 3.63) is 0 Å². The number of carbonyl (C=O) groups is 1. The van der Waals surface area contributed by atoms with Crippen LogP contribution >= 0.6 is 23.1 Å². The van der Waals surface area contributed by atoms with Crippen molar-refractivity contribution in [1.29, 1.82) is 0 Å². The van der Waals surface area contributed by atoms with E-state index >= 15 is 0 Å². The van der Waals surface area contributed by atoms with Gasteiger partial charge in [0, 0.05) is 19.8 Å². The number of nitrogens with two attached hydrogens (primary N) is 1. The number of thioether (sulfide) groups is 1. The monoisotopic (exact) mass is 304 g/mol. The average Bonchev–Trinajstić information content (AvgIpc) is 2.83. The second-order valence-corrected chi connectivity index (χ2v) is 6.81. The molecule has 0 saturated heterocycles. The lowest BCUT2D eigenvalue weighted by Crippen LogP contribution is -2.47. The Hall–Kier alpha value is -0.860. The lowest BCUT2D eigenvalue weighted by atomic mass is 9.92. The Bertz CT molecular complexity index is 425. The predicted molar refractivity (Wildman–Crippen MR) is 79.0 cm³/mol. The molecule has 0 spiro atoms. The van der Waals surface area contributed by atoms with Crippen LogP contribution in [-0.4, -0.2) is 46.7 Å². The molecule has 0 bridgehead atoms. The van der Waals surface area contributed by atoms with Crippen molar-refractivity contribution in [1.82, 2.24) is 10.2 Å². The predicted octanol–water partition coefficient (Wildman–Crippen LogP) is 1.67. The van der Waals surface area contributed by atoms with Crippen molar-refractivity contribution < 1.29 is 9.90 Å². The number of hydrogen-bond donors (Lipinski definition) is 2. The molecular formula is C11H20N4O2S2. The number of carboxylic acids is 1. The van der Waals surface area contributed by atoms with E-state index in [0.717, 1.165) is 21.6 Å². The van der Waals surface area contributed by atoms with Gasteiger partial charge in [0.1, 0.15) is 5.54 Å². The van der Waals surface area contributed by atoms with E-state index < -0.39 is 11.5 Å². The van der Waals surface area contributed by atoms with Crippen molar-refractivity contribution >= 4 is 34.2 Å². The van der Waals surface area contributed by atoms with E-state index in [1.807, 2.05) is 19.0 Å². The number of hydrogen-bond acceptors (Lipinski definition) is 7. The van der Waals surface area contributed by atoms with Gasteiger partial charge in [-0.25, -0.2) is 0 Å². The van der Waals surface area contributed by atoms with Gasteiger partial charge in [-0.15, -0.1) is 10.2 Å². The van der Waals surface area contributed by atoms with Crippen molar-refractivity contribution in [2.75, 3.05) is 24.7 Å². The van der Waals surface area contributed by atoms with E-state index in [1.165, 1.54) is 11.3 Å². The Morgan fingerprint density at radius 2 is 2.21 bits per heavy atom. The van der Waals surface area contributed by atoms with Gasteiger partial charge in [-0.3, -0.25) is 4.79 Å². The minimum Gasteiger partial charge on any atom is -0.480 e. The van der Waals surface area contributed by atoms with Gasteiger partial charge in [-0.2, -0.15) is 0 Å². The third-order valence-corrected chi connectivity index (χ3v) is 5.14. The molecule has 0 aliphatic rings. The van der Waals surface area contributed by atoms with Gasteiger partial charge in [0.05, 0.1) is 0 Å². The topological polar surface area (TPSA) is 92.3 Å². The van der Waals surface area contributed by atoms with E-state index in [-0.39, 0.29) is 0 Å². The van der Waals surface area contributed by atoms with Gasteiger partial charge in [0.15, 0.2) is 4.34 Å². The Morgan fingerprint density at radius 3 is 2.68 bits per heavy atom. The van der Waals surface area contributed by atoms with Crippen LogP contribution in [0.1, 0.15) is 26.2 Å². The molecule has 108 valence electrons. The maximum Gasteiger partial charge on any atom is 0.323 e. The van der Waals surface area contributed by atoms with Crippen LogP contribution in [0.5, 0.6) is 0 Å². The van der Waals surface area contributed by atoms with Crippen molar-refractivity contribution in [2.24, 2.45) is 5.73 Å². The fourth-order valence-electron chi connectivity index (χ4n) is 1.42. The maximum absolute atomic E-state index is 11.0. The van der Waals surface area contributed by atoms with Gasteiger partial charge in [0.2, 0.25) is 5.13 Å². The lowest BCUT2D eigenvalue weighted by molar-refractivity contribution is -0.143. The summed E-state index contributed by atoms with van der Waals surface area (Å²) >= 11 is 3.12. The highest BCUT2D eigenvalue weighted by atomic mass is 32.2. The summed E-state index contributed by atoms with van der Waals surface area (Å²) < 4.78 is 0.901. The third kappa shape index (κ3) is 4.63. The minimum atomic E-state index is -1.10. The second kappa shape index (κ2) is 7.06. The molecule has 0 fully saturated rings. The van der Waals surface area contributed by atoms with Gasteiger partial charge in [-0.05, 0) is 19.3 Å². The molecule has 1 heterocycles. The number of rotatable bonds is 8. The Labute approximate surface area is 121 Å². The number of nitrogens with zero attached hydrogens (tertiary/aromatic N) is 3. The molecule has 0 aromatic carbocycles. The van der Waals surface area contributed by atoms with Gasteiger partial charge >= 0.3 is 5.97 Å². The molecule has 3 N–H and O–H groups in total. The smallest absolute Gasteiger partial charge is 0.323 e. The molecule has 1 rings (SSSR count). The summed E-state index contributed by atoms with van der Waals surface area (Å²) in [4.78, 5) is 12.9. The Morgan fingerprint density at radius 1 is 1.53 bits per heavy atom. The molecule has 1 aromatic heterocycles. The zero-order chi connectivity index (χ0) is 14.5. The van der Waals surface area contributed by atoms with E-state index in [1.54, 1.807) is 18.7 Å². The quantitative estimate of drug-likeness (QED) is 0.557. The van der Waals surface area contributed by atoms with Crippen LogP contribution in [0.4, 0.5) is 5.13 Å². The molecule has 0 radical (unpaired) electrons. The van der Waals surface area contributed by atoms with E-state index in [0.29, 0.717) is 12.8 Å². The molecule has 0 aliphatic heterocycles. The van der Waals surface area contributed by atoms with E-state index in [9.17, 15) is 4.79 Å². The fourth-order valence-corrected chi connectivity index (χ4v) is 3.20. The molecule has 0 saturated carbocycles. The highest BCUT2D eigenvalue weighted by Gasteiger charge is 2.30. The number of aliphatic carboxylic acids is 1. The molecule has 1 aromatic rings. The van der Waals surface area contributed by atoms with Crippen molar-refractivity contribution in [3.8, 4) is 0 Å². The van der Waals surface area contributed by atoms with Crippen LogP contribution in [0.2, 0.25) is 0 Å². The normalized spacial score (nSPS) is 14.1. The van der Waals surface area contributed by atoms with Gasteiger partial charge in [-0.1, -0.05) is 30.0 Å². The minimum absolute atomic E-state index is 0.441. The number of aromatic nitrogens is 2. The second-order valence-electron chi connectivity index (χ2n) is 4.51. The van der Waals surface area contributed by atoms with Gasteiger partial charge in [0.25, 0.3) is 0 Å². The van der Waals surface area contributed by atoms with E-state index in [4.69, 9.17) is 10.8 Å². The summed E-state index contributed by atoms with van der Waals surface area (Å²) in [7, 11) is 3.84. The third-order valence-electron chi connectivity index (χ3n) is 2.83. The summed E-state index contributed by atoms with van der Waals surface area (Å²) in [5.74, 6) is -0.125. The molecule has 6 nitrogen and oxygen atoms in total. The molecule has 1 unspecified atom stereocenters. The lowest BCUT2D eigenvalue weighted by Gasteiger charge is -2.22. The molecule has 0 amide bonds. The highest BCUT2D eigenvalue weighted by Crippen LogP contribution is 2.28. The van der Waals surface area contributed by atoms with E-state index in [2.05, 4.69) is 10.2 Å². The highest BCUT2D eigenvalue weighted by molar-refractivity contribution is 8.01. The van der Waals surface area contributed by atoms with Crippen LogP contribution in [0.3, 0.4) is 0 Å². The van der Waals surface area contributed by atoms with Crippen LogP contribution in [0, 0.1) is 0 Å². The van der Waals surface area contributed by atoms with Crippen LogP contribution in [0.15, 0.2) is 4.34 Å². The summed E-state index contributed by atoms with van der Waals surface area (Å²) in [6.45, 7) is 1.80. The van der Waals surface area contributed by atoms with Gasteiger partial charge < -0.3 is 15.7 Å². The van der Waals surface area contributed by atoms with Crippen LogP contribution in [-0.2, 0) is 4.79 Å². The molecule has 1 atom stereocenters. The summed E-state index contributed by atoms with van der Waals surface area (Å²) in [6.07, 6.45) is 1.67. The average molecular weight is 304 g/mol. The number of carboxylic acid groups (broad SMARTS) is 1. The van der Waals surface area contributed by atoms with Crippen LogP contribution < -0.4 is 10.6 Å². The summed E-state index contributed by atoms with van der Waals surface area (Å²) in [6, 6.07) is 0. The van der Waals surface area contributed by atoms with Crippen molar-refractivity contribution in [2.45, 2.75) is 36.1 Å². The maximum atomic E-state index is 11.0. The SMILES string of the molecule is CCC(N)(CCCSc1nnc(N(C)C)s1)C(=O)O. The Kier molecular flexibility index (Phi) is 6.02. The molecule has 0 aliphatic carbocycles.